The van der Waals surface area contributed by atoms with Crippen LogP contribution in [0.5, 0.6) is 0 Å². The van der Waals surface area contributed by atoms with Crippen molar-refractivity contribution in [2.75, 3.05) is 51.4 Å². The van der Waals surface area contributed by atoms with Crippen LogP contribution in [0, 0.1) is 12.7 Å². The first kappa shape index (κ1) is 21.8. The lowest BCUT2D eigenvalue weighted by Crippen LogP contribution is -2.52. The predicted molar refractivity (Wildman–Crippen MR) is 115 cm³/mol. The van der Waals surface area contributed by atoms with Gasteiger partial charge in [-0.25, -0.2) is 4.39 Å². The van der Waals surface area contributed by atoms with Crippen LogP contribution in [-0.2, 0) is 9.47 Å². The maximum Gasteiger partial charge on any atom is 0.191 e. The Hall–Kier alpha value is -1.86. The van der Waals surface area contributed by atoms with E-state index in [1.54, 1.807) is 19.2 Å². The molecular weight excluding hydrogens is 371 g/mol. The van der Waals surface area contributed by atoms with Gasteiger partial charge in [-0.1, -0.05) is 0 Å². The lowest BCUT2D eigenvalue weighted by molar-refractivity contribution is -0.0828. The van der Waals surface area contributed by atoms with E-state index in [1.165, 1.54) is 0 Å². The van der Waals surface area contributed by atoms with E-state index in [1.807, 2.05) is 13.0 Å². The number of halogens is 1. The zero-order valence-electron chi connectivity index (χ0n) is 18.0. The number of piperidine rings is 1. The fourth-order valence-corrected chi connectivity index (χ4v) is 4.19. The van der Waals surface area contributed by atoms with Crippen molar-refractivity contribution >= 4 is 11.6 Å². The van der Waals surface area contributed by atoms with Crippen LogP contribution in [0.15, 0.2) is 23.2 Å². The van der Waals surface area contributed by atoms with Gasteiger partial charge in [0.05, 0.1) is 12.1 Å². The third-order valence-electron chi connectivity index (χ3n) is 5.97. The van der Waals surface area contributed by atoms with Crippen molar-refractivity contribution < 1.29 is 13.9 Å². The van der Waals surface area contributed by atoms with Crippen LogP contribution in [-0.4, -0.2) is 64.1 Å². The molecule has 0 amide bonds. The van der Waals surface area contributed by atoms with Gasteiger partial charge in [0.1, 0.15) is 5.82 Å². The molecule has 2 N–H and O–H groups in total. The molecule has 1 aromatic carbocycles. The minimum Gasteiger partial charge on any atom is -0.381 e. The second-order valence-corrected chi connectivity index (χ2v) is 8.05. The molecule has 0 saturated carbocycles. The van der Waals surface area contributed by atoms with E-state index in [-0.39, 0.29) is 11.4 Å². The van der Waals surface area contributed by atoms with E-state index in [0.29, 0.717) is 12.6 Å². The summed E-state index contributed by atoms with van der Waals surface area (Å²) in [7, 11) is 1.77. The number of nitrogens with zero attached hydrogens (tertiary/aromatic N) is 2. The van der Waals surface area contributed by atoms with Gasteiger partial charge < -0.3 is 25.0 Å². The Bertz CT molecular complexity index is 691. The van der Waals surface area contributed by atoms with Gasteiger partial charge in [0, 0.05) is 64.5 Å². The summed E-state index contributed by atoms with van der Waals surface area (Å²) < 4.78 is 24.8. The van der Waals surface area contributed by atoms with E-state index in [0.717, 1.165) is 75.7 Å². The lowest BCUT2D eigenvalue weighted by Gasteiger charge is -2.37. The number of nitrogens with one attached hydrogen (secondary N) is 2. The van der Waals surface area contributed by atoms with Crippen molar-refractivity contribution in [3.05, 3.63) is 29.6 Å². The molecule has 1 unspecified atom stereocenters. The molecule has 0 bridgehead atoms. The monoisotopic (exact) mass is 406 g/mol. The number of rotatable bonds is 6. The molecule has 2 aliphatic heterocycles. The number of aryl methyl sites for hydroxylation is 1. The number of aliphatic imine (C=N–C) groups is 1. The van der Waals surface area contributed by atoms with Crippen LogP contribution in [0.4, 0.5) is 10.1 Å². The van der Waals surface area contributed by atoms with Crippen LogP contribution in [0.3, 0.4) is 0 Å². The minimum atomic E-state index is -0.232. The van der Waals surface area contributed by atoms with Crippen molar-refractivity contribution in [3.63, 3.8) is 0 Å². The maximum atomic E-state index is 13.5. The number of anilines is 1. The fraction of sp³-hybridized carbons (Fsp3) is 0.682. The molecule has 0 aliphatic carbocycles. The largest absolute Gasteiger partial charge is 0.381 e. The van der Waals surface area contributed by atoms with E-state index in [9.17, 15) is 4.39 Å². The smallest absolute Gasteiger partial charge is 0.191 e. The Morgan fingerprint density at radius 1 is 1.38 bits per heavy atom. The zero-order chi connectivity index (χ0) is 20.7. The Labute approximate surface area is 173 Å². The van der Waals surface area contributed by atoms with Gasteiger partial charge >= 0.3 is 0 Å². The molecule has 7 heteroatoms. The molecule has 1 atom stereocenters. The number of hydrogen-bond donors (Lipinski definition) is 2. The summed E-state index contributed by atoms with van der Waals surface area (Å²) in [6, 6.07) is 5.33. The van der Waals surface area contributed by atoms with Gasteiger partial charge in [0.15, 0.2) is 5.96 Å². The highest BCUT2D eigenvalue weighted by Crippen LogP contribution is 2.26. The average Bonchev–Trinajstić information content (AvgIpc) is 2.73. The molecule has 162 valence electrons. The molecule has 2 fully saturated rings. The number of hydrogen-bond acceptors (Lipinski definition) is 4. The summed E-state index contributed by atoms with van der Waals surface area (Å²) in [6.07, 6.45) is 3.92. The van der Waals surface area contributed by atoms with Gasteiger partial charge in [-0.05, 0) is 50.5 Å². The molecule has 0 spiro atoms. The number of methoxy groups -OCH3 is 1. The Kier molecular flexibility index (Phi) is 7.72. The number of benzene rings is 1. The van der Waals surface area contributed by atoms with Crippen LogP contribution < -0.4 is 15.5 Å². The molecule has 0 aromatic heterocycles. The molecule has 6 nitrogen and oxygen atoms in total. The summed E-state index contributed by atoms with van der Waals surface area (Å²) in [5.41, 5.74) is 1.86. The topological polar surface area (TPSA) is 58.1 Å². The normalized spacial score (nSPS) is 22.4. The highest BCUT2D eigenvalue weighted by Gasteiger charge is 2.32. The van der Waals surface area contributed by atoms with Crippen molar-refractivity contribution in [2.24, 2.45) is 4.99 Å². The quantitative estimate of drug-likeness (QED) is 0.562. The van der Waals surface area contributed by atoms with Gasteiger partial charge in [-0.3, -0.25) is 4.99 Å². The molecule has 29 heavy (non-hydrogen) atoms. The third-order valence-corrected chi connectivity index (χ3v) is 5.97. The SMILES string of the molecule is CCNC(=NCC1(OC)CCOCC1)NC1CCCN(c2ccc(F)cc2C)C1. The van der Waals surface area contributed by atoms with Crippen molar-refractivity contribution in [3.8, 4) is 0 Å². The summed E-state index contributed by atoms with van der Waals surface area (Å²) in [4.78, 5) is 7.19. The van der Waals surface area contributed by atoms with E-state index in [2.05, 4.69) is 22.5 Å². The van der Waals surface area contributed by atoms with Crippen molar-refractivity contribution in [1.82, 2.24) is 10.6 Å². The summed E-state index contributed by atoms with van der Waals surface area (Å²) in [6.45, 7) is 8.79. The first-order valence-electron chi connectivity index (χ1n) is 10.7. The molecule has 2 heterocycles. The molecular formula is C22H35FN4O2. The van der Waals surface area contributed by atoms with Gasteiger partial charge in [-0.15, -0.1) is 0 Å². The Balaban J connectivity index is 1.64. The van der Waals surface area contributed by atoms with Crippen molar-refractivity contribution in [2.45, 2.75) is 51.2 Å². The Morgan fingerprint density at radius 2 is 2.17 bits per heavy atom. The molecule has 1 aromatic rings. The molecule has 2 aliphatic rings. The third kappa shape index (κ3) is 5.82. The van der Waals surface area contributed by atoms with E-state index >= 15 is 0 Å². The van der Waals surface area contributed by atoms with Gasteiger partial charge in [-0.2, -0.15) is 0 Å². The average molecular weight is 407 g/mol. The zero-order valence-corrected chi connectivity index (χ0v) is 18.0. The highest BCUT2D eigenvalue weighted by molar-refractivity contribution is 5.80. The van der Waals surface area contributed by atoms with E-state index in [4.69, 9.17) is 14.5 Å². The summed E-state index contributed by atoms with van der Waals surface area (Å²) in [5, 5.41) is 6.97. The van der Waals surface area contributed by atoms with Crippen LogP contribution in [0.2, 0.25) is 0 Å². The van der Waals surface area contributed by atoms with Crippen LogP contribution in [0.1, 0.15) is 38.2 Å². The standard InChI is InChI=1S/C22H35FN4O2/c1-4-24-21(25-16-22(28-3)9-12-29-13-10-22)26-19-6-5-11-27(15-19)20-8-7-18(23)14-17(20)2/h7-8,14,19H,4-6,9-13,15-16H2,1-3H3,(H2,24,25,26). The molecule has 3 rings (SSSR count). The lowest BCUT2D eigenvalue weighted by atomic mass is 9.94. The fourth-order valence-electron chi connectivity index (χ4n) is 4.19. The molecule has 2 saturated heterocycles. The minimum absolute atomic E-state index is 0.181. The highest BCUT2D eigenvalue weighted by atomic mass is 19.1. The Morgan fingerprint density at radius 3 is 2.86 bits per heavy atom. The van der Waals surface area contributed by atoms with E-state index < -0.39 is 0 Å². The van der Waals surface area contributed by atoms with Crippen LogP contribution >= 0.6 is 0 Å². The predicted octanol–water partition coefficient (Wildman–Crippen LogP) is 2.85. The second-order valence-electron chi connectivity index (χ2n) is 8.05. The summed E-state index contributed by atoms with van der Waals surface area (Å²) in [5.74, 6) is 0.651. The number of guanidine groups is 1. The van der Waals surface area contributed by atoms with Gasteiger partial charge in [0.2, 0.25) is 0 Å². The molecule has 0 radical (unpaired) electrons. The first-order chi connectivity index (χ1) is 14.0. The summed E-state index contributed by atoms with van der Waals surface area (Å²) >= 11 is 0. The maximum absolute atomic E-state index is 13.5. The van der Waals surface area contributed by atoms with Gasteiger partial charge in [0.25, 0.3) is 0 Å². The van der Waals surface area contributed by atoms with Crippen molar-refractivity contribution in [1.29, 1.82) is 0 Å². The van der Waals surface area contributed by atoms with Crippen LogP contribution in [0.25, 0.3) is 0 Å². The number of ether oxygens (including phenoxy) is 2. The second kappa shape index (κ2) is 10.3. The first-order valence-corrected chi connectivity index (χ1v) is 10.7.